The average Bonchev–Trinajstić information content (AvgIpc) is 2.40. The molecule has 0 spiro atoms. The Morgan fingerprint density at radius 1 is 0.722 bits per heavy atom. The van der Waals surface area contributed by atoms with Crippen molar-refractivity contribution < 1.29 is 14.2 Å². The summed E-state index contributed by atoms with van der Waals surface area (Å²) in [6.45, 7) is 1.33. The highest BCUT2D eigenvalue weighted by Gasteiger charge is 2.29. The van der Waals surface area contributed by atoms with Crippen LogP contribution in [0.4, 0.5) is 0 Å². The highest BCUT2D eigenvalue weighted by Crippen LogP contribution is 2.18. The van der Waals surface area contributed by atoms with Crippen molar-refractivity contribution in [1.29, 1.82) is 0 Å². The van der Waals surface area contributed by atoms with Gasteiger partial charge in [0.1, 0.15) is 6.10 Å². The SMILES string of the molecule is COC(CCN)C(OC)C(CCCCCN)OC. The van der Waals surface area contributed by atoms with Crippen molar-refractivity contribution >= 4 is 0 Å². The van der Waals surface area contributed by atoms with E-state index < -0.39 is 0 Å². The zero-order valence-corrected chi connectivity index (χ0v) is 12.1. The standard InChI is InChI=1S/C13H30N2O3/c1-16-11(7-5-4-6-9-14)13(18-3)12(17-2)8-10-15/h11-13H,4-10,14-15H2,1-3H3. The second-order valence-electron chi connectivity index (χ2n) is 4.46. The molecule has 0 aromatic rings. The Morgan fingerprint density at radius 2 is 1.33 bits per heavy atom. The van der Waals surface area contributed by atoms with Gasteiger partial charge in [0.15, 0.2) is 0 Å². The molecule has 0 heterocycles. The summed E-state index contributed by atoms with van der Waals surface area (Å²) in [5.74, 6) is 0. The van der Waals surface area contributed by atoms with Crippen molar-refractivity contribution in [3.05, 3.63) is 0 Å². The lowest BCUT2D eigenvalue weighted by molar-refractivity contribution is -0.110. The van der Waals surface area contributed by atoms with E-state index in [0.717, 1.165) is 38.6 Å². The number of hydrogen-bond donors (Lipinski definition) is 2. The van der Waals surface area contributed by atoms with Crippen LogP contribution in [0.25, 0.3) is 0 Å². The molecule has 5 heteroatoms. The number of nitrogens with two attached hydrogens (primary N) is 2. The molecule has 4 N–H and O–H groups in total. The topological polar surface area (TPSA) is 79.7 Å². The van der Waals surface area contributed by atoms with E-state index in [-0.39, 0.29) is 18.3 Å². The monoisotopic (exact) mass is 262 g/mol. The molecule has 0 bridgehead atoms. The van der Waals surface area contributed by atoms with E-state index in [1.165, 1.54) is 0 Å². The minimum atomic E-state index is -0.0681. The number of methoxy groups -OCH3 is 3. The molecular weight excluding hydrogens is 232 g/mol. The predicted octanol–water partition coefficient (Wildman–Crippen LogP) is 0.899. The molecule has 3 atom stereocenters. The van der Waals surface area contributed by atoms with Crippen LogP contribution in [-0.4, -0.2) is 52.7 Å². The smallest absolute Gasteiger partial charge is 0.109 e. The van der Waals surface area contributed by atoms with Crippen molar-refractivity contribution in [3.8, 4) is 0 Å². The summed E-state index contributed by atoms with van der Waals surface area (Å²) in [6.07, 6.45) is 4.97. The van der Waals surface area contributed by atoms with Gasteiger partial charge >= 0.3 is 0 Å². The minimum Gasteiger partial charge on any atom is -0.379 e. The molecule has 0 amide bonds. The van der Waals surface area contributed by atoms with E-state index in [1.807, 2.05) is 0 Å². The van der Waals surface area contributed by atoms with Crippen LogP contribution in [0.5, 0.6) is 0 Å². The number of hydrogen-bond acceptors (Lipinski definition) is 5. The maximum Gasteiger partial charge on any atom is 0.109 e. The van der Waals surface area contributed by atoms with E-state index in [0.29, 0.717) is 6.54 Å². The maximum absolute atomic E-state index is 5.59. The van der Waals surface area contributed by atoms with Crippen LogP contribution in [0.15, 0.2) is 0 Å². The molecule has 5 nitrogen and oxygen atoms in total. The Labute approximate surface area is 111 Å². The van der Waals surface area contributed by atoms with Gasteiger partial charge in [-0.3, -0.25) is 0 Å². The van der Waals surface area contributed by atoms with Gasteiger partial charge in [-0.05, 0) is 32.4 Å². The fourth-order valence-corrected chi connectivity index (χ4v) is 2.21. The summed E-state index contributed by atoms with van der Waals surface area (Å²) in [7, 11) is 5.10. The Balaban J connectivity index is 4.26. The van der Waals surface area contributed by atoms with Crippen LogP contribution in [-0.2, 0) is 14.2 Å². The van der Waals surface area contributed by atoms with Gasteiger partial charge in [0.05, 0.1) is 12.2 Å². The Hall–Kier alpha value is -0.200. The second-order valence-corrected chi connectivity index (χ2v) is 4.46. The molecule has 110 valence electrons. The van der Waals surface area contributed by atoms with Gasteiger partial charge in [0.25, 0.3) is 0 Å². The predicted molar refractivity (Wildman–Crippen MR) is 73.6 cm³/mol. The van der Waals surface area contributed by atoms with Gasteiger partial charge in [0, 0.05) is 21.3 Å². The second kappa shape index (κ2) is 11.9. The third kappa shape index (κ3) is 6.66. The quantitative estimate of drug-likeness (QED) is 0.511. The fraction of sp³-hybridized carbons (Fsp3) is 1.00. The van der Waals surface area contributed by atoms with E-state index >= 15 is 0 Å². The van der Waals surface area contributed by atoms with Crippen molar-refractivity contribution in [2.24, 2.45) is 11.5 Å². The molecule has 0 aliphatic carbocycles. The third-order valence-corrected chi connectivity index (χ3v) is 3.25. The minimum absolute atomic E-state index is 0.0144. The Bertz CT molecular complexity index is 182. The normalized spacial score (nSPS) is 16.5. The fourth-order valence-electron chi connectivity index (χ4n) is 2.21. The van der Waals surface area contributed by atoms with Gasteiger partial charge in [-0.25, -0.2) is 0 Å². The first-order valence-electron chi connectivity index (χ1n) is 6.73. The molecule has 0 aliphatic rings. The Morgan fingerprint density at radius 3 is 1.78 bits per heavy atom. The molecule has 0 aromatic heterocycles. The van der Waals surface area contributed by atoms with Crippen molar-refractivity contribution in [1.82, 2.24) is 0 Å². The summed E-state index contributed by atoms with van der Waals surface area (Å²) < 4.78 is 16.5. The maximum atomic E-state index is 5.59. The van der Waals surface area contributed by atoms with E-state index in [9.17, 15) is 0 Å². The molecule has 18 heavy (non-hydrogen) atoms. The Kier molecular flexibility index (Phi) is 11.7. The molecule has 0 aromatic carbocycles. The molecule has 0 saturated heterocycles. The zero-order valence-electron chi connectivity index (χ0n) is 12.1. The van der Waals surface area contributed by atoms with E-state index in [4.69, 9.17) is 25.7 Å². The first-order valence-corrected chi connectivity index (χ1v) is 6.73. The van der Waals surface area contributed by atoms with Crippen LogP contribution in [0, 0.1) is 0 Å². The van der Waals surface area contributed by atoms with Crippen LogP contribution >= 0.6 is 0 Å². The first-order chi connectivity index (χ1) is 8.74. The molecule has 0 radical (unpaired) electrons. The van der Waals surface area contributed by atoms with E-state index in [2.05, 4.69) is 0 Å². The molecule has 0 rings (SSSR count). The van der Waals surface area contributed by atoms with Crippen molar-refractivity contribution in [2.45, 2.75) is 50.4 Å². The van der Waals surface area contributed by atoms with Crippen LogP contribution in [0.2, 0.25) is 0 Å². The molecule has 0 aliphatic heterocycles. The summed E-state index contributed by atoms with van der Waals surface area (Å²) >= 11 is 0. The average molecular weight is 262 g/mol. The van der Waals surface area contributed by atoms with Crippen molar-refractivity contribution in [3.63, 3.8) is 0 Å². The number of rotatable bonds is 12. The molecule has 0 fully saturated rings. The van der Waals surface area contributed by atoms with Gasteiger partial charge in [-0.2, -0.15) is 0 Å². The summed E-state index contributed by atoms with van der Waals surface area (Å²) in [5.41, 5.74) is 11.1. The van der Waals surface area contributed by atoms with E-state index in [1.54, 1.807) is 21.3 Å². The molecular formula is C13H30N2O3. The van der Waals surface area contributed by atoms with Gasteiger partial charge in [-0.15, -0.1) is 0 Å². The highest BCUT2D eigenvalue weighted by atomic mass is 16.6. The first kappa shape index (κ1) is 17.8. The van der Waals surface area contributed by atoms with Gasteiger partial charge in [-0.1, -0.05) is 12.8 Å². The van der Waals surface area contributed by atoms with Crippen LogP contribution in [0.3, 0.4) is 0 Å². The number of unbranched alkanes of at least 4 members (excludes halogenated alkanes) is 2. The lowest BCUT2D eigenvalue weighted by Crippen LogP contribution is -2.42. The van der Waals surface area contributed by atoms with Crippen LogP contribution < -0.4 is 11.5 Å². The summed E-state index contributed by atoms with van der Waals surface area (Å²) in [4.78, 5) is 0. The summed E-state index contributed by atoms with van der Waals surface area (Å²) in [5, 5.41) is 0. The third-order valence-electron chi connectivity index (χ3n) is 3.25. The zero-order chi connectivity index (χ0) is 13.8. The molecule has 0 saturated carbocycles. The largest absolute Gasteiger partial charge is 0.379 e. The van der Waals surface area contributed by atoms with Crippen LogP contribution in [0.1, 0.15) is 32.1 Å². The van der Waals surface area contributed by atoms with Gasteiger partial charge in [0.2, 0.25) is 0 Å². The lowest BCUT2D eigenvalue weighted by atomic mass is 9.99. The molecule has 3 unspecified atom stereocenters. The van der Waals surface area contributed by atoms with Crippen molar-refractivity contribution in [2.75, 3.05) is 34.4 Å². The van der Waals surface area contributed by atoms with Gasteiger partial charge < -0.3 is 25.7 Å². The summed E-state index contributed by atoms with van der Waals surface area (Å²) in [6, 6.07) is 0. The lowest BCUT2D eigenvalue weighted by Gasteiger charge is -2.31. The highest BCUT2D eigenvalue weighted by molar-refractivity contribution is 4.79. The number of ether oxygens (including phenoxy) is 3.